The predicted molar refractivity (Wildman–Crippen MR) is 132 cm³/mol. The van der Waals surface area contributed by atoms with E-state index in [0.29, 0.717) is 25.9 Å². The predicted octanol–water partition coefficient (Wildman–Crippen LogP) is 2.35. The van der Waals surface area contributed by atoms with Gasteiger partial charge in [0.1, 0.15) is 12.6 Å². The van der Waals surface area contributed by atoms with Crippen LogP contribution < -0.4 is 5.32 Å². The van der Waals surface area contributed by atoms with E-state index in [4.69, 9.17) is 4.74 Å². The molecule has 36 heavy (non-hydrogen) atoms. The highest BCUT2D eigenvalue weighted by molar-refractivity contribution is 5.97. The Morgan fingerprint density at radius 2 is 1.86 bits per heavy atom. The summed E-state index contributed by atoms with van der Waals surface area (Å²) in [5.41, 5.74) is 1.71. The molecule has 0 saturated carbocycles. The second kappa shape index (κ2) is 11.8. The molecule has 190 valence electrons. The van der Waals surface area contributed by atoms with Gasteiger partial charge < -0.3 is 19.9 Å². The molecule has 9 heteroatoms. The van der Waals surface area contributed by atoms with Crippen LogP contribution in [-0.4, -0.2) is 70.2 Å². The molecule has 0 spiro atoms. The number of nitrogens with zero attached hydrogens (tertiary/aromatic N) is 3. The van der Waals surface area contributed by atoms with Gasteiger partial charge in [0.15, 0.2) is 5.78 Å². The number of hydrogen-bond donors (Lipinski definition) is 1. The number of alkyl carbamates (subject to hydrolysis) is 1. The molecule has 1 aromatic carbocycles. The minimum absolute atomic E-state index is 0.0193. The maximum absolute atomic E-state index is 13.0. The lowest BCUT2D eigenvalue weighted by Crippen LogP contribution is -2.44. The quantitative estimate of drug-likeness (QED) is 0.576. The largest absolute Gasteiger partial charge is 0.445 e. The Kier molecular flexibility index (Phi) is 8.30. The van der Waals surface area contributed by atoms with Gasteiger partial charge in [0.05, 0.1) is 19.0 Å². The molecule has 3 atom stereocenters. The molecule has 2 aliphatic rings. The monoisotopic (exact) mass is 492 g/mol. The molecule has 1 N–H and O–H groups in total. The van der Waals surface area contributed by atoms with E-state index in [1.807, 2.05) is 43.3 Å². The Hall–Kier alpha value is -3.75. The number of Topliss-reactive ketones (excluding diaryl/α,β-unsaturated/α-hetero) is 1. The first-order chi connectivity index (χ1) is 17.4. The van der Waals surface area contributed by atoms with Crippen molar-refractivity contribution in [3.05, 3.63) is 66.0 Å². The number of ether oxygens (including phenoxy) is 1. The van der Waals surface area contributed by atoms with E-state index in [-0.39, 0.29) is 55.6 Å². The van der Waals surface area contributed by atoms with Gasteiger partial charge in [-0.2, -0.15) is 0 Å². The first-order valence-electron chi connectivity index (χ1n) is 12.4. The molecule has 2 fully saturated rings. The van der Waals surface area contributed by atoms with E-state index >= 15 is 0 Å². The van der Waals surface area contributed by atoms with Gasteiger partial charge in [-0.05, 0) is 36.0 Å². The molecule has 3 heterocycles. The highest BCUT2D eigenvalue weighted by atomic mass is 16.5. The maximum atomic E-state index is 13.0. The van der Waals surface area contributed by atoms with Crippen molar-refractivity contribution in [1.29, 1.82) is 0 Å². The fraction of sp³-hybridized carbons (Fsp3) is 0.444. The molecule has 2 aliphatic heterocycles. The number of benzene rings is 1. The lowest BCUT2D eigenvalue weighted by Gasteiger charge is -2.25. The summed E-state index contributed by atoms with van der Waals surface area (Å²) in [7, 11) is 0. The van der Waals surface area contributed by atoms with Crippen LogP contribution in [0.1, 0.15) is 37.3 Å². The van der Waals surface area contributed by atoms with Gasteiger partial charge in [-0.3, -0.25) is 19.4 Å². The molecule has 0 bridgehead atoms. The molecule has 1 aromatic heterocycles. The van der Waals surface area contributed by atoms with Gasteiger partial charge >= 0.3 is 6.09 Å². The Morgan fingerprint density at radius 1 is 1.08 bits per heavy atom. The fourth-order valence-corrected chi connectivity index (χ4v) is 4.91. The summed E-state index contributed by atoms with van der Waals surface area (Å²) in [5, 5.41) is 2.72. The van der Waals surface area contributed by atoms with E-state index in [2.05, 4.69) is 10.3 Å². The number of carbonyl (C=O) groups is 4. The second-order valence-electron chi connectivity index (χ2n) is 9.50. The molecule has 0 aliphatic carbocycles. The topological polar surface area (TPSA) is 109 Å². The zero-order valence-corrected chi connectivity index (χ0v) is 20.5. The molecular formula is C27H32N4O5. The van der Waals surface area contributed by atoms with Crippen LogP contribution in [0.5, 0.6) is 0 Å². The summed E-state index contributed by atoms with van der Waals surface area (Å²) in [6.07, 6.45) is 4.49. The van der Waals surface area contributed by atoms with E-state index in [1.165, 1.54) is 0 Å². The van der Waals surface area contributed by atoms with Crippen LogP contribution >= 0.6 is 0 Å². The number of likely N-dealkylation sites (tertiary alicyclic amines) is 2. The fourth-order valence-electron chi connectivity index (χ4n) is 4.91. The molecule has 3 amide bonds. The van der Waals surface area contributed by atoms with Crippen LogP contribution in [0, 0.1) is 5.92 Å². The van der Waals surface area contributed by atoms with Gasteiger partial charge in [0.25, 0.3) is 0 Å². The maximum Gasteiger partial charge on any atom is 0.407 e. The Bertz CT molecular complexity index is 1080. The lowest BCUT2D eigenvalue weighted by atomic mass is 10.0. The zero-order valence-electron chi connectivity index (χ0n) is 20.5. The Morgan fingerprint density at radius 3 is 2.61 bits per heavy atom. The number of fused-ring (bicyclic) bond motifs is 1. The van der Waals surface area contributed by atoms with Gasteiger partial charge in [-0.15, -0.1) is 0 Å². The third-order valence-corrected chi connectivity index (χ3v) is 6.78. The van der Waals surface area contributed by atoms with Crippen molar-refractivity contribution in [2.75, 3.05) is 19.6 Å². The van der Waals surface area contributed by atoms with Gasteiger partial charge in [-0.25, -0.2) is 4.79 Å². The molecule has 2 saturated heterocycles. The number of hydrogen-bond acceptors (Lipinski definition) is 6. The van der Waals surface area contributed by atoms with Crippen LogP contribution in [0.2, 0.25) is 0 Å². The van der Waals surface area contributed by atoms with Crippen molar-refractivity contribution in [2.24, 2.45) is 5.92 Å². The molecule has 0 radical (unpaired) electrons. The molecule has 9 nitrogen and oxygen atoms in total. The van der Waals surface area contributed by atoms with Crippen molar-refractivity contribution in [1.82, 2.24) is 20.1 Å². The smallest absolute Gasteiger partial charge is 0.407 e. The van der Waals surface area contributed by atoms with Crippen molar-refractivity contribution < 1.29 is 23.9 Å². The SMILES string of the molecule is CC(CCNC(=O)OCc1ccccc1)CC(=O)N1CCC2C1C(=O)CN2C(=O)Cc1cccnc1. The number of pyridine rings is 1. The summed E-state index contributed by atoms with van der Waals surface area (Å²) in [6, 6.07) is 12.2. The summed E-state index contributed by atoms with van der Waals surface area (Å²) in [5.74, 6) is -0.264. The summed E-state index contributed by atoms with van der Waals surface area (Å²) >= 11 is 0. The molecule has 3 unspecified atom stereocenters. The Balaban J connectivity index is 1.20. The van der Waals surface area contributed by atoms with E-state index in [9.17, 15) is 19.2 Å². The first-order valence-corrected chi connectivity index (χ1v) is 12.4. The van der Waals surface area contributed by atoms with Gasteiger partial charge in [-0.1, -0.05) is 43.3 Å². The third kappa shape index (κ3) is 6.27. The van der Waals surface area contributed by atoms with E-state index in [0.717, 1.165) is 11.1 Å². The molecular weight excluding hydrogens is 460 g/mol. The van der Waals surface area contributed by atoms with Crippen molar-refractivity contribution in [3.63, 3.8) is 0 Å². The number of amides is 3. The molecule has 4 rings (SSSR count). The summed E-state index contributed by atoms with van der Waals surface area (Å²) in [4.78, 5) is 57.9. The number of rotatable bonds is 9. The Labute approximate surface area is 210 Å². The van der Waals surface area contributed by atoms with Crippen LogP contribution in [-0.2, 0) is 32.1 Å². The van der Waals surface area contributed by atoms with Crippen molar-refractivity contribution >= 4 is 23.7 Å². The normalized spacial score (nSPS) is 19.6. The van der Waals surface area contributed by atoms with E-state index in [1.54, 1.807) is 28.3 Å². The van der Waals surface area contributed by atoms with Crippen LogP contribution in [0.15, 0.2) is 54.9 Å². The van der Waals surface area contributed by atoms with E-state index < -0.39 is 12.1 Å². The average molecular weight is 493 g/mol. The van der Waals surface area contributed by atoms with Crippen molar-refractivity contribution in [3.8, 4) is 0 Å². The van der Waals surface area contributed by atoms with Crippen molar-refractivity contribution in [2.45, 2.75) is 51.3 Å². The summed E-state index contributed by atoms with van der Waals surface area (Å²) < 4.78 is 5.20. The van der Waals surface area contributed by atoms with Crippen LogP contribution in [0.3, 0.4) is 0 Å². The summed E-state index contributed by atoms with van der Waals surface area (Å²) in [6.45, 7) is 3.05. The molecule has 2 aromatic rings. The highest BCUT2D eigenvalue weighted by Gasteiger charge is 2.51. The van der Waals surface area contributed by atoms with Gasteiger partial charge in [0, 0.05) is 31.9 Å². The second-order valence-corrected chi connectivity index (χ2v) is 9.50. The number of ketones is 1. The van der Waals surface area contributed by atoms with Crippen LogP contribution in [0.4, 0.5) is 4.79 Å². The minimum atomic E-state index is -0.561. The number of aromatic nitrogens is 1. The third-order valence-electron chi connectivity index (χ3n) is 6.78. The number of carbonyl (C=O) groups excluding carboxylic acids is 4. The average Bonchev–Trinajstić information content (AvgIpc) is 3.45. The van der Waals surface area contributed by atoms with Crippen LogP contribution in [0.25, 0.3) is 0 Å². The first kappa shape index (κ1) is 25.3. The minimum Gasteiger partial charge on any atom is -0.445 e. The number of nitrogens with one attached hydrogen (secondary N) is 1. The lowest BCUT2D eigenvalue weighted by molar-refractivity contribution is -0.137. The van der Waals surface area contributed by atoms with Gasteiger partial charge in [0.2, 0.25) is 11.8 Å². The zero-order chi connectivity index (χ0) is 25.5. The highest BCUT2D eigenvalue weighted by Crippen LogP contribution is 2.31. The standard InChI is InChI=1S/C27H32N4O5/c1-19(9-12-29-27(35)36-18-20-6-3-2-4-7-20)14-24(33)30-13-10-22-26(30)23(32)17-31(22)25(34)15-21-8-5-11-28-16-21/h2-8,11,16,19,22,26H,9-10,12-15,17-18H2,1H3,(H,29,35).